The monoisotopic (exact) mass is 531 g/mol. The number of carbonyl (C=O) groups excluding carboxylic acids is 1. The number of pyridine rings is 1. The molecule has 12 heteroatoms. The van der Waals surface area contributed by atoms with Crippen molar-refractivity contribution < 1.29 is 35.5 Å². The Bertz CT molecular complexity index is 1230. The first-order valence-electron chi connectivity index (χ1n) is 11.4. The van der Waals surface area contributed by atoms with E-state index in [2.05, 4.69) is 15.0 Å². The van der Waals surface area contributed by atoms with Crippen LogP contribution in [0.4, 0.5) is 23.2 Å². The van der Waals surface area contributed by atoms with Gasteiger partial charge in [0.15, 0.2) is 0 Å². The summed E-state index contributed by atoms with van der Waals surface area (Å²) in [7, 11) is -3.67. The summed E-state index contributed by atoms with van der Waals surface area (Å²) in [5.74, 6) is -2.39. The molecule has 1 aliphatic rings. The number of nitrogens with one attached hydrogen (secondary N) is 2. The third-order valence-electron chi connectivity index (χ3n) is 6.35. The number of hydrogen-bond acceptors (Lipinski definition) is 5. The first-order chi connectivity index (χ1) is 16.6. The number of halogens is 4. The van der Waals surface area contributed by atoms with Gasteiger partial charge in [-0.15, -0.1) is 0 Å². The highest BCUT2D eigenvalue weighted by molar-refractivity contribution is 7.92. The van der Waals surface area contributed by atoms with Crippen molar-refractivity contribution in [1.29, 1.82) is 0 Å². The van der Waals surface area contributed by atoms with Gasteiger partial charge in [-0.3, -0.25) is 9.52 Å². The fourth-order valence-corrected chi connectivity index (χ4v) is 4.18. The van der Waals surface area contributed by atoms with E-state index in [1.165, 1.54) is 32.0 Å². The molecule has 1 heterocycles. The lowest BCUT2D eigenvalue weighted by Crippen LogP contribution is -2.28. The first-order valence-corrected chi connectivity index (χ1v) is 13.1. The van der Waals surface area contributed by atoms with Crippen LogP contribution in [0.3, 0.4) is 0 Å². The molecule has 2 aromatic rings. The summed E-state index contributed by atoms with van der Waals surface area (Å²) in [6, 6.07) is 5.75. The van der Waals surface area contributed by atoms with Crippen LogP contribution in [0.2, 0.25) is 0 Å². The average molecular weight is 532 g/mol. The molecule has 1 aliphatic carbocycles. The molecule has 1 aromatic carbocycles. The van der Waals surface area contributed by atoms with Gasteiger partial charge in [-0.25, -0.2) is 17.8 Å². The highest BCUT2D eigenvalue weighted by Crippen LogP contribution is 2.51. The lowest BCUT2D eigenvalue weighted by Gasteiger charge is -2.17. The number of anilines is 1. The van der Waals surface area contributed by atoms with Crippen molar-refractivity contribution in [3.05, 3.63) is 53.0 Å². The summed E-state index contributed by atoms with van der Waals surface area (Å²) >= 11 is 0. The quantitative estimate of drug-likeness (QED) is 0.428. The zero-order chi connectivity index (χ0) is 26.9. The molecule has 1 saturated carbocycles. The number of alkyl halides is 3. The minimum atomic E-state index is -4.64. The van der Waals surface area contributed by atoms with Crippen molar-refractivity contribution in [1.82, 2.24) is 10.3 Å². The number of hydrogen-bond donors (Lipinski definition) is 2. The van der Waals surface area contributed by atoms with E-state index < -0.39 is 39.5 Å². The van der Waals surface area contributed by atoms with Gasteiger partial charge in [0.05, 0.1) is 24.0 Å². The third kappa shape index (κ3) is 6.86. The standard InChI is InChI=1S/C24H29F4N3O4S/c1-5-36(33,34)31-19-8-6-15(10-18(19)25)14(2)21(32)29-12-16-7-9-20(24(26,27)28)30-22(16)35-13-17-11-23(17,3)4/h6-10,14,17,31H,5,11-13H2,1-4H3,(H,29,32). The molecule has 0 aliphatic heterocycles. The van der Waals surface area contributed by atoms with Crippen LogP contribution in [0.15, 0.2) is 30.3 Å². The molecule has 2 N–H and O–H groups in total. The minimum absolute atomic E-state index is 0.0620. The summed E-state index contributed by atoms with van der Waals surface area (Å²) in [5.41, 5.74) is -0.693. The molecule has 2 atom stereocenters. The van der Waals surface area contributed by atoms with E-state index in [1.807, 2.05) is 13.8 Å². The van der Waals surface area contributed by atoms with E-state index in [0.29, 0.717) is 5.56 Å². The molecule has 1 aromatic heterocycles. The summed E-state index contributed by atoms with van der Waals surface area (Å²) < 4.78 is 85.0. The largest absolute Gasteiger partial charge is 0.477 e. The Morgan fingerprint density at radius 1 is 1.25 bits per heavy atom. The van der Waals surface area contributed by atoms with Gasteiger partial charge in [0, 0.05) is 12.1 Å². The maximum Gasteiger partial charge on any atom is 0.433 e. The minimum Gasteiger partial charge on any atom is -0.477 e. The summed E-state index contributed by atoms with van der Waals surface area (Å²) in [4.78, 5) is 16.3. The van der Waals surface area contributed by atoms with Gasteiger partial charge in [-0.05, 0) is 61.4 Å². The van der Waals surface area contributed by atoms with Crippen molar-refractivity contribution >= 4 is 21.6 Å². The Morgan fingerprint density at radius 3 is 2.47 bits per heavy atom. The Labute approximate surface area is 207 Å². The van der Waals surface area contributed by atoms with E-state index in [1.54, 1.807) is 0 Å². The van der Waals surface area contributed by atoms with Gasteiger partial charge in [0.2, 0.25) is 21.8 Å². The highest BCUT2D eigenvalue weighted by Gasteiger charge is 2.46. The predicted molar refractivity (Wildman–Crippen MR) is 126 cm³/mol. The molecule has 0 saturated heterocycles. The van der Waals surface area contributed by atoms with Crippen molar-refractivity contribution in [2.45, 2.75) is 52.8 Å². The molecular weight excluding hydrogens is 502 g/mol. The number of nitrogens with zero attached hydrogens (tertiary/aromatic N) is 1. The van der Waals surface area contributed by atoms with Crippen LogP contribution in [-0.4, -0.2) is 31.7 Å². The maximum atomic E-state index is 14.4. The number of carbonyl (C=O) groups is 1. The normalized spacial score (nSPS) is 17.8. The molecule has 0 spiro atoms. The van der Waals surface area contributed by atoms with Crippen LogP contribution < -0.4 is 14.8 Å². The molecule has 3 rings (SSSR count). The number of benzene rings is 1. The Balaban J connectivity index is 1.70. The van der Waals surface area contributed by atoms with Crippen LogP contribution >= 0.6 is 0 Å². The molecule has 1 amide bonds. The van der Waals surface area contributed by atoms with Crippen molar-refractivity contribution in [2.75, 3.05) is 17.1 Å². The fourth-order valence-electron chi connectivity index (χ4n) is 3.54. The van der Waals surface area contributed by atoms with E-state index in [9.17, 15) is 30.8 Å². The average Bonchev–Trinajstić information content (AvgIpc) is 3.42. The van der Waals surface area contributed by atoms with Crippen LogP contribution in [0, 0.1) is 17.2 Å². The fraction of sp³-hybridized carbons (Fsp3) is 0.500. The van der Waals surface area contributed by atoms with Gasteiger partial charge in [-0.1, -0.05) is 19.9 Å². The number of aromatic nitrogens is 1. The second-order valence-electron chi connectivity index (χ2n) is 9.54. The first kappa shape index (κ1) is 27.7. The van der Waals surface area contributed by atoms with Crippen molar-refractivity contribution in [2.24, 2.45) is 11.3 Å². The molecule has 198 valence electrons. The van der Waals surface area contributed by atoms with Crippen LogP contribution in [0.1, 0.15) is 56.9 Å². The van der Waals surface area contributed by atoms with Crippen molar-refractivity contribution in [3.63, 3.8) is 0 Å². The highest BCUT2D eigenvalue weighted by atomic mass is 32.2. The molecule has 0 radical (unpaired) electrons. The van der Waals surface area contributed by atoms with E-state index in [-0.39, 0.29) is 47.4 Å². The summed E-state index contributed by atoms with van der Waals surface area (Å²) in [5, 5.41) is 2.62. The number of ether oxygens (including phenoxy) is 1. The molecule has 36 heavy (non-hydrogen) atoms. The second-order valence-corrected chi connectivity index (χ2v) is 11.6. The molecule has 2 unspecified atom stereocenters. The topological polar surface area (TPSA) is 97.4 Å². The van der Waals surface area contributed by atoms with Gasteiger partial charge in [0.25, 0.3) is 0 Å². The lowest BCUT2D eigenvalue weighted by molar-refractivity contribution is -0.141. The van der Waals surface area contributed by atoms with Gasteiger partial charge >= 0.3 is 6.18 Å². The van der Waals surface area contributed by atoms with Gasteiger partial charge < -0.3 is 10.1 Å². The van der Waals surface area contributed by atoms with Crippen LogP contribution in [-0.2, 0) is 27.5 Å². The maximum absolute atomic E-state index is 14.4. The number of rotatable bonds is 10. The smallest absolute Gasteiger partial charge is 0.433 e. The number of amides is 1. The summed E-state index contributed by atoms with van der Waals surface area (Å²) in [6.45, 7) is 7.09. The van der Waals surface area contributed by atoms with E-state index in [0.717, 1.165) is 18.6 Å². The lowest BCUT2D eigenvalue weighted by atomic mass is 9.99. The van der Waals surface area contributed by atoms with Gasteiger partial charge in [0.1, 0.15) is 11.5 Å². The Morgan fingerprint density at radius 2 is 1.92 bits per heavy atom. The van der Waals surface area contributed by atoms with Gasteiger partial charge in [-0.2, -0.15) is 13.2 Å². The Hall–Kier alpha value is -2.89. The zero-order valence-electron chi connectivity index (χ0n) is 20.4. The van der Waals surface area contributed by atoms with E-state index >= 15 is 0 Å². The molecule has 1 fully saturated rings. The third-order valence-corrected chi connectivity index (χ3v) is 7.64. The predicted octanol–water partition coefficient (Wildman–Crippen LogP) is 4.85. The molecule has 0 bridgehead atoms. The van der Waals surface area contributed by atoms with Crippen LogP contribution in [0.25, 0.3) is 0 Å². The van der Waals surface area contributed by atoms with Crippen LogP contribution in [0.5, 0.6) is 5.88 Å². The van der Waals surface area contributed by atoms with E-state index in [4.69, 9.17) is 4.74 Å². The molecular formula is C24H29F4N3O4S. The SMILES string of the molecule is CCS(=O)(=O)Nc1ccc(C(C)C(=O)NCc2ccc(C(F)(F)F)nc2OCC2CC2(C)C)cc1F. The second kappa shape index (κ2) is 10.2. The molecule has 7 nitrogen and oxygen atoms in total. The van der Waals surface area contributed by atoms with Crippen molar-refractivity contribution in [3.8, 4) is 5.88 Å². The number of sulfonamides is 1. The zero-order valence-corrected chi connectivity index (χ0v) is 21.2. The summed E-state index contributed by atoms with van der Waals surface area (Å²) in [6.07, 6.45) is -3.75. The Kier molecular flexibility index (Phi) is 7.87.